The van der Waals surface area contributed by atoms with Crippen LogP contribution in [0.2, 0.25) is 5.02 Å². The van der Waals surface area contributed by atoms with Gasteiger partial charge in [0.15, 0.2) is 11.0 Å². The van der Waals surface area contributed by atoms with Crippen molar-refractivity contribution in [1.82, 2.24) is 19.7 Å². The third-order valence-electron chi connectivity index (χ3n) is 4.96. The van der Waals surface area contributed by atoms with Gasteiger partial charge in [-0.3, -0.25) is 4.57 Å². The highest BCUT2D eigenvalue weighted by molar-refractivity contribution is 7.98. The van der Waals surface area contributed by atoms with Crippen molar-refractivity contribution in [1.29, 1.82) is 0 Å². The van der Waals surface area contributed by atoms with Gasteiger partial charge >= 0.3 is 0 Å². The fraction of sp³-hybridized carbons (Fsp3) is 0.125. The number of benzene rings is 2. The Bertz CT molecular complexity index is 1310. The van der Waals surface area contributed by atoms with Gasteiger partial charge in [0.2, 0.25) is 5.89 Å². The second-order valence-corrected chi connectivity index (χ2v) is 8.53. The van der Waals surface area contributed by atoms with Crippen LogP contribution in [0.15, 0.2) is 87.0 Å². The molecule has 2 aromatic carbocycles. The Balaban J connectivity index is 1.42. The summed E-state index contributed by atoms with van der Waals surface area (Å²) in [6, 6.07) is 21.3. The monoisotopic (exact) mass is 462 g/mol. The van der Waals surface area contributed by atoms with Crippen LogP contribution in [-0.2, 0) is 12.3 Å². The van der Waals surface area contributed by atoms with Crippen molar-refractivity contribution in [3.63, 3.8) is 0 Å². The third-order valence-corrected chi connectivity index (χ3v) is 6.19. The van der Waals surface area contributed by atoms with Crippen molar-refractivity contribution in [2.45, 2.75) is 24.4 Å². The molecule has 0 spiro atoms. The second-order valence-electron chi connectivity index (χ2n) is 7.16. The van der Waals surface area contributed by atoms with E-state index in [1.807, 2.05) is 78.2 Å². The van der Waals surface area contributed by atoms with Crippen molar-refractivity contribution >= 4 is 23.4 Å². The number of rotatable bonds is 7. The van der Waals surface area contributed by atoms with Crippen LogP contribution in [-0.4, -0.2) is 19.7 Å². The quantitative estimate of drug-likeness (QED) is 0.257. The molecule has 5 rings (SSSR count). The summed E-state index contributed by atoms with van der Waals surface area (Å²) in [6.45, 7) is 2.45. The van der Waals surface area contributed by atoms with Crippen LogP contribution in [0.5, 0.6) is 0 Å². The number of hydrogen-bond acceptors (Lipinski definition) is 6. The summed E-state index contributed by atoms with van der Waals surface area (Å²) in [6.07, 6.45) is 1.67. The molecule has 0 bridgehead atoms. The highest BCUT2D eigenvalue weighted by Crippen LogP contribution is 2.30. The van der Waals surface area contributed by atoms with E-state index in [-0.39, 0.29) is 0 Å². The van der Waals surface area contributed by atoms with Crippen molar-refractivity contribution < 1.29 is 8.83 Å². The number of halogens is 1. The molecular formula is C24H19ClN4O2S. The van der Waals surface area contributed by atoms with Crippen molar-refractivity contribution in [3.8, 4) is 22.8 Å². The molecule has 6 nitrogen and oxygen atoms in total. The molecule has 0 N–H and O–H groups in total. The largest absolute Gasteiger partial charge is 0.467 e. The minimum Gasteiger partial charge on any atom is -0.467 e. The van der Waals surface area contributed by atoms with Crippen molar-refractivity contribution in [3.05, 3.63) is 95.2 Å². The zero-order chi connectivity index (χ0) is 21.9. The Hall–Kier alpha value is -3.29. The van der Waals surface area contributed by atoms with Crippen LogP contribution in [0.25, 0.3) is 22.8 Å². The van der Waals surface area contributed by atoms with Crippen LogP contribution in [0, 0.1) is 6.92 Å². The lowest BCUT2D eigenvalue weighted by Gasteiger charge is -2.08. The summed E-state index contributed by atoms with van der Waals surface area (Å²) in [4.78, 5) is 4.70. The van der Waals surface area contributed by atoms with E-state index in [2.05, 4.69) is 10.2 Å². The molecule has 0 radical (unpaired) electrons. The van der Waals surface area contributed by atoms with E-state index in [9.17, 15) is 0 Å². The number of aryl methyl sites for hydroxylation is 1. The number of nitrogens with zero attached hydrogens (tertiary/aromatic N) is 4. The maximum absolute atomic E-state index is 6.06. The van der Waals surface area contributed by atoms with Crippen molar-refractivity contribution in [2.75, 3.05) is 0 Å². The van der Waals surface area contributed by atoms with Gasteiger partial charge in [-0.05, 0) is 55.5 Å². The lowest BCUT2D eigenvalue weighted by atomic mass is 10.2. The molecule has 8 heteroatoms. The first-order valence-electron chi connectivity index (χ1n) is 10.0. The molecule has 0 amide bonds. The molecule has 0 atom stereocenters. The number of furan rings is 1. The van der Waals surface area contributed by atoms with Gasteiger partial charge in [-0.15, -0.1) is 10.2 Å². The van der Waals surface area contributed by atoms with E-state index in [4.69, 9.17) is 25.4 Å². The zero-order valence-electron chi connectivity index (χ0n) is 17.2. The maximum Gasteiger partial charge on any atom is 0.226 e. The Morgan fingerprint density at radius 3 is 2.50 bits per heavy atom. The molecule has 3 aromatic heterocycles. The molecule has 3 heterocycles. The number of hydrogen-bond donors (Lipinski definition) is 0. The van der Waals surface area contributed by atoms with Crippen LogP contribution in [0.1, 0.15) is 17.2 Å². The molecule has 160 valence electrons. The minimum absolute atomic E-state index is 0.521. The second kappa shape index (κ2) is 9.06. The fourth-order valence-corrected chi connectivity index (χ4v) is 4.37. The highest BCUT2D eigenvalue weighted by Gasteiger charge is 2.18. The Morgan fingerprint density at radius 2 is 1.75 bits per heavy atom. The van der Waals surface area contributed by atoms with Gasteiger partial charge in [0.1, 0.15) is 11.5 Å². The smallest absolute Gasteiger partial charge is 0.226 e. The minimum atomic E-state index is 0.521. The van der Waals surface area contributed by atoms with Gasteiger partial charge in [0.25, 0.3) is 0 Å². The first-order chi connectivity index (χ1) is 15.7. The van der Waals surface area contributed by atoms with E-state index in [0.717, 1.165) is 39.3 Å². The van der Waals surface area contributed by atoms with Gasteiger partial charge in [-0.25, -0.2) is 4.98 Å². The maximum atomic E-state index is 6.06. The molecule has 0 fully saturated rings. The van der Waals surface area contributed by atoms with Gasteiger partial charge in [0.05, 0.1) is 18.5 Å². The van der Waals surface area contributed by atoms with E-state index in [1.54, 1.807) is 18.0 Å². The number of oxazole rings is 1. The highest BCUT2D eigenvalue weighted by atomic mass is 35.5. The van der Waals surface area contributed by atoms with E-state index < -0.39 is 0 Å². The molecule has 0 saturated carbocycles. The molecular weight excluding hydrogens is 444 g/mol. The van der Waals surface area contributed by atoms with Crippen LogP contribution >= 0.6 is 23.4 Å². The molecule has 0 aliphatic carbocycles. The van der Waals surface area contributed by atoms with E-state index in [1.165, 1.54) is 0 Å². The molecule has 0 saturated heterocycles. The summed E-state index contributed by atoms with van der Waals surface area (Å²) >= 11 is 7.62. The summed E-state index contributed by atoms with van der Waals surface area (Å²) < 4.78 is 13.5. The summed E-state index contributed by atoms with van der Waals surface area (Å²) in [5, 5.41) is 10.3. The first kappa shape index (κ1) is 20.6. The SMILES string of the molecule is Cc1oc(-c2ccccc2)nc1CSc1nnc(-c2ccc(Cl)cc2)n1Cc1ccco1. The van der Waals surface area contributed by atoms with Crippen LogP contribution in [0.4, 0.5) is 0 Å². The Labute approximate surface area is 194 Å². The topological polar surface area (TPSA) is 69.9 Å². The number of thioether (sulfide) groups is 1. The predicted octanol–water partition coefficient (Wildman–Crippen LogP) is 6.50. The Kier molecular flexibility index (Phi) is 5.83. The lowest BCUT2D eigenvalue weighted by molar-refractivity contribution is 0.485. The van der Waals surface area contributed by atoms with Crippen molar-refractivity contribution in [2.24, 2.45) is 0 Å². The van der Waals surface area contributed by atoms with Crippen LogP contribution in [0.3, 0.4) is 0 Å². The summed E-state index contributed by atoms with van der Waals surface area (Å²) in [7, 11) is 0. The molecule has 0 aliphatic heterocycles. The van der Waals surface area contributed by atoms with Gasteiger partial charge in [-0.2, -0.15) is 0 Å². The molecule has 5 aromatic rings. The van der Waals surface area contributed by atoms with E-state index in [0.29, 0.717) is 23.2 Å². The average Bonchev–Trinajstić information content (AvgIpc) is 3.55. The molecule has 32 heavy (non-hydrogen) atoms. The Morgan fingerprint density at radius 1 is 0.938 bits per heavy atom. The fourth-order valence-electron chi connectivity index (χ4n) is 3.31. The van der Waals surface area contributed by atoms with E-state index >= 15 is 0 Å². The van der Waals surface area contributed by atoms with Gasteiger partial charge in [-0.1, -0.05) is 41.6 Å². The normalized spacial score (nSPS) is 11.2. The molecule has 0 unspecified atom stereocenters. The zero-order valence-corrected chi connectivity index (χ0v) is 18.8. The summed E-state index contributed by atoms with van der Waals surface area (Å²) in [5.41, 5.74) is 2.77. The van der Waals surface area contributed by atoms with Gasteiger partial charge < -0.3 is 8.83 Å². The molecule has 0 aliphatic rings. The standard InChI is InChI=1S/C24H19ClN4O2S/c1-16-21(26-23(31-16)18-6-3-2-4-7-18)15-32-24-28-27-22(17-9-11-19(25)12-10-17)29(24)14-20-8-5-13-30-20/h2-13H,14-15H2,1H3. The lowest BCUT2D eigenvalue weighted by Crippen LogP contribution is -2.03. The summed E-state index contributed by atoms with van der Waals surface area (Å²) in [5.74, 6) is 3.61. The number of aromatic nitrogens is 4. The van der Waals surface area contributed by atoms with Gasteiger partial charge in [0, 0.05) is 21.9 Å². The first-order valence-corrected chi connectivity index (χ1v) is 11.4. The average molecular weight is 463 g/mol. The third kappa shape index (κ3) is 4.35. The van der Waals surface area contributed by atoms with Crippen LogP contribution < -0.4 is 0 Å². The predicted molar refractivity (Wildman–Crippen MR) is 125 cm³/mol.